The van der Waals surface area contributed by atoms with Gasteiger partial charge in [0, 0.05) is 26.4 Å². The van der Waals surface area contributed by atoms with E-state index < -0.39 is 6.10 Å². The van der Waals surface area contributed by atoms with Gasteiger partial charge in [-0.15, -0.1) is 0 Å². The maximum atomic E-state index is 8.43. The van der Waals surface area contributed by atoms with Gasteiger partial charge in [0.05, 0.1) is 13.2 Å². The highest BCUT2D eigenvalue weighted by atomic mass is 16.3. The van der Waals surface area contributed by atoms with Crippen molar-refractivity contribution in [3.8, 4) is 0 Å². The third-order valence-corrected chi connectivity index (χ3v) is 3.30. The molecular formula is C18H42O7. The zero-order valence-corrected chi connectivity index (χ0v) is 15.7. The van der Waals surface area contributed by atoms with Crippen molar-refractivity contribution in [1.82, 2.24) is 0 Å². The number of aliphatic hydroxyl groups is 7. The van der Waals surface area contributed by atoms with Crippen LogP contribution in [0, 0.1) is 0 Å². The quantitative estimate of drug-likeness (QED) is 0.209. The molecule has 0 fully saturated rings. The Morgan fingerprint density at radius 1 is 0.360 bits per heavy atom. The van der Waals surface area contributed by atoms with Crippen molar-refractivity contribution in [3.63, 3.8) is 0 Å². The number of hydrogen-bond acceptors (Lipinski definition) is 7. The van der Waals surface area contributed by atoms with Crippen molar-refractivity contribution in [2.24, 2.45) is 0 Å². The monoisotopic (exact) mass is 370 g/mol. The average molecular weight is 371 g/mol. The molecule has 0 atom stereocenters. The molecule has 0 amide bonds. The maximum absolute atomic E-state index is 8.43. The summed E-state index contributed by atoms with van der Waals surface area (Å²) in [6.07, 6.45) is 10.7. The van der Waals surface area contributed by atoms with Crippen LogP contribution >= 0.6 is 0 Å². The van der Waals surface area contributed by atoms with Gasteiger partial charge >= 0.3 is 0 Å². The lowest BCUT2D eigenvalue weighted by Gasteiger charge is -1.97. The van der Waals surface area contributed by atoms with Crippen LogP contribution in [0.4, 0.5) is 0 Å². The summed E-state index contributed by atoms with van der Waals surface area (Å²) in [5.74, 6) is 0. The van der Waals surface area contributed by atoms with Crippen LogP contribution in [0.1, 0.15) is 70.6 Å². The standard InChI is InChI=1S/C8H18O2.C7H16O2.C3H8O3/c9-7-5-3-1-2-4-6-8-10;8-6-4-2-1-3-5-7-9;4-1-3(6)2-5/h9-10H,1-8H2;8-9H,1-7H2;3-6H,1-2H2. The maximum Gasteiger partial charge on any atom is 0.100 e. The molecule has 0 aliphatic heterocycles. The van der Waals surface area contributed by atoms with E-state index in [0.717, 1.165) is 57.8 Å². The number of aliphatic hydroxyl groups excluding tert-OH is 7. The lowest BCUT2D eigenvalue weighted by atomic mass is 10.1. The van der Waals surface area contributed by atoms with Gasteiger partial charge in [-0.25, -0.2) is 0 Å². The lowest BCUT2D eigenvalue weighted by molar-refractivity contribution is 0.0450. The fourth-order valence-corrected chi connectivity index (χ4v) is 1.74. The van der Waals surface area contributed by atoms with E-state index >= 15 is 0 Å². The molecule has 0 rings (SSSR count). The Morgan fingerprint density at radius 3 is 0.680 bits per heavy atom. The van der Waals surface area contributed by atoms with Crippen molar-refractivity contribution in [1.29, 1.82) is 0 Å². The topological polar surface area (TPSA) is 142 Å². The fourth-order valence-electron chi connectivity index (χ4n) is 1.74. The summed E-state index contributed by atoms with van der Waals surface area (Å²) in [6.45, 7) is 0.519. The van der Waals surface area contributed by atoms with E-state index in [4.69, 9.17) is 35.7 Å². The van der Waals surface area contributed by atoms with E-state index in [2.05, 4.69) is 0 Å². The first-order chi connectivity index (χ1) is 12.1. The van der Waals surface area contributed by atoms with Gasteiger partial charge in [0.2, 0.25) is 0 Å². The summed E-state index contributed by atoms with van der Waals surface area (Å²) in [7, 11) is 0. The first kappa shape index (κ1) is 29.5. The summed E-state index contributed by atoms with van der Waals surface area (Å²) in [5, 5.41) is 57.6. The molecular weight excluding hydrogens is 328 g/mol. The molecule has 0 bridgehead atoms. The Morgan fingerprint density at radius 2 is 0.560 bits per heavy atom. The van der Waals surface area contributed by atoms with Gasteiger partial charge in [-0.2, -0.15) is 0 Å². The lowest BCUT2D eigenvalue weighted by Crippen LogP contribution is -2.15. The molecule has 7 N–H and O–H groups in total. The zero-order chi connectivity index (χ0) is 19.6. The molecule has 0 saturated heterocycles. The van der Waals surface area contributed by atoms with Gasteiger partial charge in [0.15, 0.2) is 0 Å². The zero-order valence-electron chi connectivity index (χ0n) is 15.7. The summed E-state index contributed by atoms with van der Waals surface area (Å²) in [6, 6.07) is 0. The van der Waals surface area contributed by atoms with Crippen LogP contribution in [0.15, 0.2) is 0 Å². The minimum atomic E-state index is -0.954. The molecule has 0 aromatic carbocycles. The summed E-state index contributed by atoms with van der Waals surface area (Å²) in [4.78, 5) is 0. The van der Waals surface area contributed by atoms with Crippen molar-refractivity contribution in [2.45, 2.75) is 76.7 Å². The SMILES string of the molecule is OCC(O)CO.OCCCCCCCCO.OCCCCCCCO. The van der Waals surface area contributed by atoms with Gasteiger partial charge in [0.1, 0.15) is 6.10 Å². The molecule has 0 spiro atoms. The molecule has 0 aliphatic carbocycles. The third kappa shape index (κ3) is 40.0. The van der Waals surface area contributed by atoms with Crippen LogP contribution in [0.3, 0.4) is 0 Å². The predicted octanol–water partition coefficient (Wildman–Crippen LogP) is 0.565. The first-order valence-electron chi connectivity index (χ1n) is 9.47. The van der Waals surface area contributed by atoms with E-state index in [0.29, 0.717) is 26.4 Å². The summed E-state index contributed by atoms with van der Waals surface area (Å²) < 4.78 is 0. The largest absolute Gasteiger partial charge is 0.396 e. The number of unbranched alkanes of at least 4 members (excludes halogenated alkanes) is 9. The first-order valence-corrected chi connectivity index (χ1v) is 9.47. The van der Waals surface area contributed by atoms with Crippen LogP contribution < -0.4 is 0 Å². The average Bonchev–Trinajstić information content (AvgIpc) is 2.65. The van der Waals surface area contributed by atoms with Crippen LogP contribution in [0.25, 0.3) is 0 Å². The van der Waals surface area contributed by atoms with E-state index in [9.17, 15) is 0 Å². The minimum absolute atomic E-state index is 0.305. The van der Waals surface area contributed by atoms with Crippen LogP contribution in [-0.2, 0) is 0 Å². The van der Waals surface area contributed by atoms with Gasteiger partial charge in [0.25, 0.3) is 0 Å². The Bertz CT molecular complexity index is 176. The van der Waals surface area contributed by atoms with Crippen LogP contribution in [0.5, 0.6) is 0 Å². The molecule has 0 radical (unpaired) electrons. The highest BCUT2D eigenvalue weighted by Gasteiger charge is 1.93. The molecule has 0 heterocycles. The highest BCUT2D eigenvalue weighted by molar-refractivity contribution is 4.44. The second-order valence-electron chi connectivity index (χ2n) is 5.80. The third-order valence-electron chi connectivity index (χ3n) is 3.30. The molecule has 156 valence electrons. The van der Waals surface area contributed by atoms with Gasteiger partial charge in [-0.3, -0.25) is 0 Å². The second-order valence-corrected chi connectivity index (χ2v) is 5.80. The molecule has 0 aliphatic rings. The molecule has 7 heteroatoms. The molecule has 7 nitrogen and oxygen atoms in total. The van der Waals surface area contributed by atoms with Gasteiger partial charge in [-0.05, 0) is 25.7 Å². The molecule has 0 saturated carbocycles. The summed E-state index contributed by atoms with van der Waals surface area (Å²) in [5.41, 5.74) is 0. The van der Waals surface area contributed by atoms with E-state index in [1.54, 1.807) is 0 Å². The van der Waals surface area contributed by atoms with Crippen LogP contribution in [0.2, 0.25) is 0 Å². The smallest absolute Gasteiger partial charge is 0.100 e. The molecule has 0 aromatic rings. The van der Waals surface area contributed by atoms with E-state index in [1.807, 2.05) is 0 Å². The van der Waals surface area contributed by atoms with E-state index in [-0.39, 0.29) is 13.2 Å². The van der Waals surface area contributed by atoms with Crippen LogP contribution in [-0.4, -0.2) is 81.5 Å². The second kappa shape index (κ2) is 31.5. The van der Waals surface area contributed by atoms with Crippen molar-refractivity contribution in [2.75, 3.05) is 39.6 Å². The Hall–Kier alpha value is -0.280. The summed E-state index contributed by atoms with van der Waals surface area (Å²) >= 11 is 0. The van der Waals surface area contributed by atoms with E-state index in [1.165, 1.54) is 12.8 Å². The highest BCUT2D eigenvalue weighted by Crippen LogP contribution is 2.04. The fraction of sp³-hybridized carbons (Fsp3) is 1.00. The molecule has 0 aromatic heterocycles. The predicted molar refractivity (Wildman–Crippen MR) is 99.3 cm³/mol. The Kier molecular flexibility index (Phi) is 37.1. The van der Waals surface area contributed by atoms with Gasteiger partial charge in [-0.1, -0.05) is 44.9 Å². The molecule has 25 heavy (non-hydrogen) atoms. The molecule has 0 unspecified atom stereocenters. The van der Waals surface area contributed by atoms with Gasteiger partial charge < -0.3 is 35.7 Å². The van der Waals surface area contributed by atoms with Crippen molar-refractivity contribution >= 4 is 0 Å². The number of rotatable bonds is 15. The van der Waals surface area contributed by atoms with Crippen molar-refractivity contribution < 1.29 is 35.7 Å². The number of hydrogen-bond donors (Lipinski definition) is 7. The van der Waals surface area contributed by atoms with Crippen molar-refractivity contribution in [3.05, 3.63) is 0 Å². The minimum Gasteiger partial charge on any atom is -0.396 e. The normalized spacial score (nSPS) is 10.1. The Labute approximate surface area is 153 Å². The Balaban J connectivity index is -0.000000300.